The van der Waals surface area contributed by atoms with E-state index in [0.29, 0.717) is 6.42 Å². The molecule has 0 aromatic carbocycles. The second-order valence-corrected chi connectivity index (χ2v) is 5.58. The summed E-state index contributed by atoms with van der Waals surface area (Å²) >= 11 is 1.45. The van der Waals surface area contributed by atoms with Gasteiger partial charge in [-0.05, 0) is 34.4 Å². The minimum atomic E-state index is -0.728. The maximum atomic E-state index is 11.9. The lowest BCUT2D eigenvalue weighted by atomic mass is 10.1. The Hall–Kier alpha value is -2.74. The lowest BCUT2D eigenvalue weighted by Gasteiger charge is -1.96. The first-order chi connectivity index (χ1) is 10.7. The number of thiophene rings is 1. The number of nitrogens with one attached hydrogen (secondary N) is 1. The number of carbonyl (C=O) groups excluding carboxylic acids is 2. The molecule has 0 atom stereocenters. The Bertz CT molecular complexity index is 783. The van der Waals surface area contributed by atoms with Crippen LogP contribution in [0.15, 0.2) is 35.8 Å². The zero-order chi connectivity index (χ0) is 15.4. The van der Waals surface area contributed by atoms with Crippen molar-refractivity contribution in [3.05, 3.63) is 57.8 Å². The summed E-state index contributed by atoms with van der Waals surface area (Å²) in [5.41, 5.74) is 2.03. The molecule has 0 bridgehead atoms. The third kappa shape index (κ3) is 3.29. The summed E-state index contributed by atoms with van der Waals surface area (Å²) in [6.45, 7) is 0. The molecule has 0 aliphatic heterocycles. The fourth-order valence-corrected chi connectivity index (χ4v) is 2.83. The maximum absolute atomic E-state index is 11.9. The molecule has 0 radical (unpaired) electrons. The highest BCUT2D eigenvalue weighted by atomic mass is 32.1. The first-order valence-electron chi connectivity index (χ1n) is 6.49. The molecule has 0 spiro atoms. The average Bonchev–Trinajstić information content (AvgIpc) is 3.19. The second-order valence-electron chi connectivity index (χ2n) is 4.58. The van der Waals surface area contributed by atoms with Crippen molar-refractivity contribution in [1.29, 1.82) is 0 Å². The third-order valence-electron chi connectivity index (χ3n) is 2.96. The van der Waals surface area contributed by atoms with Crippen molar-refractivity contribution in [2.75, 3.05) is 0 Å². The first-order valence-corrected chi connectivity index (χ1v) is 7.37. The smallest absolute Gasteiger partial charge is 0.269 e. The topological polar surface area (TPSA) is 101 Å². The van der Waals surface area contributed by atoms with Gasteiger partial charge >= 0.3 is 0 Å². The van der Waals surface area contributed by atoms with Crippen LogP contribution in [0.3, 0.4) is 0 Å². The Labute approximate surface area is 129 Å². The maximum Gasteiger partial charge on any atom is 0.269 e. The Morgan fingerprint density at radius 1 is 1.27 bits per heavy atom. The largest absolute Gasteiger partial charge is 0.290 e. The molecule has 0 aliphatic carbocycles. The van der Waals surface area contributed by atoms with Gasteiger partial charge in [0.05, 0.1) is 0 Å². The summed E-state index contributed by atoms with van der Waals surface area (Å²) in [6.07, 6.45) is 2.49. The van der Waals surface area contributed by atoms with Gasteiger partial charge in [0.25, 0.3) is 5.78 Å². The fraction of sp³-hybridized carbons (Fsp3) is 0.143. The number of Topliss-reactive ketones (excluding diaryl/α,β-unsaturated/α-hetero) is 2. The van der Waals surface area contributed by atoms with E-state index >= 15 is 0 Å². The molecule has 3 heterocycles. The summed E-state index contributed by atoms with van der Waals surface area (Å²) in [5.74, 6) is -1.48. The molecule has 1 N–H and O–H groups in total. The van der Waals surface area contributed by atoms with Crippen molar-refractivity contribution in [1.82, 2.24) is 25.6 Å². The number of hydrogen-bond acceptors (Lipinski definition) is 7. The van der Waals surface area contributed by atoms with Gasteiger partial charge < -0.3 is 0 Å². The molecule has 22 heavy (non-hydrogen) atoms. The quantitative estimate of drug-likeness (QED) is 0.542. The Morgan fingerprint density at radius 3 is 2.91 bits per heavy atom. The molecule has 3 aromatic heterocycles. The molecule has 0 saturated carbocycles. The summed E-state index contributed by atoms with van der Waals surface area (Å²) < 4.78 is 0. The van der Waals surface area contributed by atoms with Gasteiger partial charge in [-0.1, -0.05) is 6.07 Å². The Balaban J connectivity index is 1.64. The molecule has 3 aromatic rings. The zero-order valence-electron chi connectivity index (χ0n) is 11.4. The van der Waals surface area contributed by atoms with E-state index in [-0.39, 0.29) is 12.2 Å². The van der Waals surface area contributed by atoms with Crippen molar-refractivity contribution in [3.63, 3.8) is 0 Å². The van der Waals surface area contributed by atoms with E-state index in [1.54, 1.807) is 6.20 Å². The highest BCUT2D eigenvalue weighted by Gasteiger charge is 2.21. The molecule has 0 unspecified atom stereocenters. The number of ketones is 2. The molecule has 8 heteroatoms. The predicted molar refractivity (Wildman–Crippen MR) is 78.6 cm³/mol. The number of nitrogens with zero attached hydrogens (tertiary/aromatic N) is 4. The average molecular weight is 313 g/mol. The normalized spacial score (nSPS) is 10.5. The predicted octanol–water partition coefficient (Wildman–Crippen LogP) is 1.24. The van der Waals surface area contributed by atoms with Gasteiger partial charge in [0, 0.05) is 29.6 Å². The molecule has 0 fully saturated rings. The van der Waals surface area contributed by atoms with Crippen LogP contribution in [0.25, 0.3) is 0 Å². The highest BCUT2D eigenvalue weighted by Crippen LogP contribution is 2.18. The van der Waals surface area contributed by atoms with Gasteiger partial charge in [-0.2, -0.15) is 5.21 Å². The van der Waals surface area contributed by atoms with Gasteiger partial charge in [0.2, 0.25) is 11.6 Å². The molecule has 7 nitrogen and oxygen atoms in total. The summed E-state index contributed by atoms with van der Waals surface area (Å²) in [4.78, 5) is 28.8. The van der Waals surface area contributed by atoms with Crippen molar-refractivity contribution in [3.8, 4) is 0 Å². The molecule has 0 saturated heterocycles. The van der Waals surface area contributed by atoms with Crippen molar-refractivity contribution in [2.24, 2.45) is 0 Å². The van der Waals surface area contributed by atoms with Crippen molar-refractivity contribution in [2.45, 2.75) is 12.8 Å². The molecule has 0 aliphatic rings. The van der Waals surface area contributed by atoms with Gasteiger partial charge in [-0.15, -0.1) is 21.5 Å². The van der Waals surface area contributed by atoms with Crippen LogP contribution in [0.5, 0.6) is 0 Å². The first kappa shape index (κ1) is 14.2. The van der Waals surface area contributed by atoms with E-state index in [4.69, 9.17) is 0 Å². The number of pyridine rings is 1. The van der Waals surface area contributed by atoms with Crippen LogP contribution in [-0.2, 0) is 17.6 Å². The monoisotopic (exact) mass is 313 g/mol. The number of tetrazole rings is 1. The van der Waals surface area contributed by atoms with Gasteiger partial charge in [0.15, 0.2) is 0 Å². The lowest BCUT2D eigenvalue weighted by Crippen LogP contribution is -2.17. The number of hydrogen-bond donors (Lipinski definition) is 1. The molecular formula is C14H11N5O2S. The number of aromatic amines is 1. The van der Waals surface area contributed by atoms with Crippen LogP contribution >= 0.6 is 11.3 Å². The van der Waals surface area contributed by atoms with Crippen LogP contribution in [-0.4, -0.2) is 37.2 Å². The van der Waals surface area contributed by atoms with Crippen LogP contribution in [0.2, 0.25) is 0 Å². The van der Waals surface area contributed by atoms with Gasteiger partial charge in [-0.3, -0.25) is 14.6 Å². The number of rotatable bonds is 6. The standard InChI is InChI=1S/C14H11N5O2S/c20-12(13(21)14-16-18-19-17-14)7-11-6-9(8-22-11)5-10-3-1-2-4-15-10/h1-4,6,8H,5,7H2,(H,16,17,18,19). The van der Waals surface area contributed by atoms with E-state index in [9.17, 15) is 9.59 Å². The molecule has 110 valence electrons. The molecule has 3 rings (SSSR count). The lowest BCUT2D eigenvalue weighted by molar-refractivity contribution is -0.114. The van der Waals surface area contributed by atoms with Crippen molar-refractivity contribution < 1.29 is 9.59 Å². The fourth-order valence-electron chi connectivity index (χ4n) is 1.94. The minimum Gasteiger partial charge on any atom is -0.290 e. The minimum absolute atomic E-state index is 0.0419. The number of aromatic nitrogens is 5. The zero-order valence-corrected chi connectivity index (χ0v) is 12.2. The summed E-state index contributed by atoms with van der Waals surface area (Å²) in [6, 6.07) is 7.66. The van der Waals surface area contributed by atoms with Crippen LogP contribution in [0.4, 0.5) is 0 Å². The SMILES string of the molecule is O=C(Cc1cc(Cc2ccccn2)cs1)C(=O)c1nn[nH]n1. The third-order valence-corrected chi connectivity index (χ3v) is 3.94. The molecule has 0 amide bonds. The van der Waals surface area contributed by atoms with E-state index in [1.165, 1.54) is 11.3 Å². The summed E-state index contributed by atoms with van der Waals surface area (Å²) in [7, 11) is 0. The van der Waals surface area contributed by atoms with Crippen molar-refractivity contribution >= 4 is 22.9 Å². The Morgan fingerprint density at radius 2 is 2.18 bits per heavy atom. The van der Waals surface area contributed by atoms with E-state index < -0.39 is 11.6 Å². The van der Waals surface area contributed by atoms with Crippen LogP contribution in [0.1, 0.15) is 26.8 Å². The van der Waals surface area contributed by atoms with Gasteiger partial charge in [-0.25, -0.2) is 0 Å². The number of carbonyl (C=O) groups is 2. The van der Waals surface area contributed by atoms with Crippen LogP contribution in [0, 0.1) is 0 Å². The van der Waals surface area contributed by atoms with Crippen LogP contribution < -0.4 is 0 Å². The second kappa shape index (κ2) is 6.35. The summed E-state index contributed by atoms with van der Waals surface area (Å²) in [5, 5.41) is 14.4. The molecular weight excluding hydrogens is 302 g/mol. The van der Waals surface area contributed by atoms with E-state index in [1.807, 2.05) is 29.6 Å². The Kier molecular flexibility index (Phi) is 4.10. The van der Waals surface area contributed by atoms with E-state index in [0.717, 1.165) is 16.1 Å². The number of H-pyrrole nitrogens is 1. The van der Waals surface area contributed by atoms with Gasteiger partial charge in [0.1, 0.15) is 0 Å². The highest BCUT2D eigenvalue weighted by molar-refractivity contribution is 7.10. The van der Waals surface area contributed by atoms with E-state index in [2.05, 4.69) is 25.6 Å².